The highest BCUT2D eigenvalue weighted by atomic mass is 79.9. The van der Waals surface area contributed by atoms with Crippen molar-refractivity contribution >= 4 is 27.7 Å². The summed E-state index contributed by atoms with van der Waals surface area (Å²) in [5, 5.41) is 3.20. The van der Waals surface area contributed by atoms with Crippen LogP contribution in [0.5, 0.6) is 0 Å². The molecule has 0 aromatic heterocycles. The molecule has 21 heavy (non-hydrogen) atoms. The molecule has 0 aliphatic carbocycles. The first-order valence-corrected chi connectivity index (χ1v) is 7.53. The maximum absolute atomic E-state index is 13.5. The first-order chi connectivity index (χ1) is 9.97. The third kappa shape index (κ3) is 4.25. The molecule has 0 saturated carbocycles. The van der Waals surface area contributed by atoms with Crippen molar-refractivity contribution in [2.45, 2.75) is 18.9 Å². The summed E-state index contributed by atoms with van der Waals surface area (Å²) in [6.45, 7) is 1.40. The van der Waals surface area contributed by atoms with E-state index >= 15 is 0 Å². The average Bonchev–Trinajstić information content (AvgIpc) is 2.44. The Morgan fingerprint density at radius 3 is 2.57 bits per heavy atom. The van der Waals surface area contributed by atoms with Gasteiger partial charge in [-0.15, -0.1) is 0 Å². The van der Waals surface area contributed by atoms with Gasteiger partial charge in [-0.3, -0.25) is 9.59 Å². The molecule has 1 heterocycles. The molecule has 7 heteroatoms. The van der Waals surface area contributed by atoms with Crippen LogP contribution in [0.3, 0.4) is 0 Å². The number of halogens is 2. The standard InChI is InChI=1S/C14H17BrFN3O2/c15-10-5-9(6-11(16)7-10)14(21)19(8-13(17)20)12-1-3-18-4-2-12/h5-7,12,18H,1-4,8H2,(H2,17,20). The largest absolute Gasteiger partial charge is 0.368 e. The molecule has 0 unspecified atom stereocenters. The summed E-state index contributed by atoms with van der Waals surface area (Å²) in [4.78, 5) is 25.3. The van der Waals surface area contributed by atoms with Gasteiger partial charge in [-0.2, -0.15) is 0 Å². The highest BCUT2D eigenvalue weighted by molar-refractivity contribution is 9.10. The van der Waals surface area contributed by atoms with E-state index in [9.17, 15) is 14.0 Å². The van der Waals surface area contributed by atoms with E-state index in [0.29, 0.717) is 4.47 Å². The van der Waals surface area contributed by atoms with E-state index in [1.807, 2.05) is 0 Å². The second-order valence-electron chi connectivity index (χ2n) is 5.04. The van der Waals surface area contributed by atoms with Crippen LogP contribution in [-0.2, 0) is 4.79 Å². The molecule has 1 aromatic carbocycles. The first kappa shape index (κ1) is 15.9. The van der Waals surface area contributed by atoms with E-state index < -0.39 is 11.7 Å². The highest BCUT2D eigenvalue weighted by Gasteiger charge is 2.27. The van der Waals surface area contributed by atoms with E-state index in [4.69, 9.17) is 5.73 Å². The van der Waals surface area contributed by atoms with Crippen LogP contribution in [0, 0.1) is 5.82 Å². The zero-order valence-electron chi connectivity index (χ0n) is 11.4. The van der Waals surface area contributed by atoms with E-state index in [1.165, 1.54) is 17.0 Å². The molecule has 0 bridgehead atoms. The van der Waals surface area contributed by atoms with Crippen LogP contribution in [0.2, 0.25) is 0 Å². The van der Waals surface area contributed by atoms with Crippen LogP contribution in [-0.4, -0.2) is 42.4 Å². The second kappa shape index (κ2) is 7.00. The van der Waals surface area contributed by atoms with Crippen molar-refractivity contribution in [1.29, 1.82) is 0 Å². The highest BCUT2D eigenvalue weighted by Crippen LogP contribution is 2.19. The van der Waals surface area contributed by atoms with Crippen LogP contribution in [0.4, 0.5) is 4.39 Å². The Kier molecular flexibility index (Phi) is 5.30. The summed E-state index contributed by atoms with van der Waals surface area (Å²) in [6, 6.07) is 3.93. The lowest BCUT2D eigenvalue weighted by Crippen LogP contribution is -2.49. The fourth-order valence-corrected chi connectivity index (χ4v) is 2.96. The molecule has 1 saturated heterocycles. The molecule has 114 valence electrons. The summed E-state index contributed by atoms with van der Waals surface area (Å²) >= 11 is 3.16. The number of carbonyl (C=O) groups is 2. The molecule has 1 fully saturated rings. The minimum Gasteiger partial charge on any atom is -0.368 e. The molecular formula is C14H17BrFN3O2. The lowest BCUT2D eigenvalue weighted by Gasteiger charge is -2.34. The van der Waals surface area contributed by atoms with Gasteiger partial charge in [-0.1, -0.05) is 15.9 Å². The lowest BCUT2D eigenvalue weighted by molar-refractivity contribution is -0.119. The van der Waals surface area contributed by atoms with Crippen LogP contribution in [0.1, 0.15) is 23.2 Å². The number of nitrogens with two attached hydrogens (primary N) is 1. The van der Waals surface area contributed by atoms with Crippen molar-refractivity contribution in [3.8, 4) is 0 Å². The van der Waals surface area contributed by atoms with E-state index in [-0.39, 0.29) is 24.1 Å². The van der Waals surface area contributed by atoms with E-state index in [1.54, 1.807) is 6.07 Å². The fourth-order valence-electron chi connectivity index (χ4n) is 2.50. The zero-order valence-corrected chi connectivity index (χ0v) is 13.0. The number of amides is 2. The van der Waals surface area contributed by atoms with Gasteiger partial charge in [-0.25, -0.2) is 4.39 Å². The van der Waals surface area contributed by atoms with Gasteiger partial charge in [0.15, 0.2) is 0 Å². The summed E-state index contributed by atoms with van der Waals surface area (Å²) in [7, 11) is 0. The second-order valence-corrected chi connectivity index (χ2v) is 5.95. The summed E-state index contributed by atoms with van der Waals surface area (Å²) < 4.78 is 13.9. The number of benzene rings is 1. The Morgan fingerprint density at radius 1 is 1.33 bits per heavy atom. The Morgan fingerprint density at radius 2 is 2.00 bits per heavy atom. The fraction of sp³-hybridized carbons (Fsp3) is 0.429. The topological polar surface area (TPSA) is 75.4 Å². The Labute approximate surface area is 130 Å². The van der Waals surface area contributed by atoms with E-state index in [0.717, 1.165) is 25.9 Å². The van der Waals surface area contributed by atoms with Crippen molar-refractivity contribution < 1.29 is 14.0 Å². The van der Waals surface area contributed by atoms with Crippen molar-refractivity contribution in [3.63, 3.8) is 0 Å². The summed E-state index contributed by atoms with van der Waals surface area (Å²) in [5.41, 5.74) is 5.45. The summed E-state index contributed by atoms with van der Waals surface area (Å²) in [6.07, 6.45) is 1.49. The van der Waals surface area contributed by atoms with Crippen LogP contribution < -0.4 is 11.1 Å². The maximum atomic E-state index is 13.5. The molecule has 2 rings (SSSR count). The molecule has 1 aliphatic heterocycles. The van der Waals surface area contributed by atoms with Crippen LogP contribution >= 0.6 is 15.9 Å². The van der Waals surface area contributed by atoms with Gasteiger partial charge >= 0.3 is 0 Å². The van der Waals surface area contributed by atoms with Gasteiger partial charge in [-0.05, 0) is 44.1 Å². The molecule has 5 nitrogen and oxygen atoms in total. The number of hydrogen-bond acceptors (Lipinski definition) is 3. The zero-order chi connectivity index (χ0) is 15.4. The molecule has 1 aliphatic rings. The van der Waals surface area contributed by atoms with Gasteiger partial charge in [0.2, 0.25) is 5.91 Å². The number of nitrogens with one attached hydrogen (secondary N) is 1. The number of carbonyl (C=O) groups excluding carboxylic acids is 2. The molecular weight excluding hydrogens is 341 g/mol. The Balaban J connectivity index is 2.25. The minimum absolute atomic E-state index is 0.0618. The monoisotopic (exact) mass is 357 g/mol. The van der Waals surface area contributed by atoms with Gasteiger partial charge in [0.1, 0.15) is 5.82 Å². The third-order valence-electron chi connectivity index (χ3n) is 3.45. The quantitative estimate of drug-likeness (QED) is 0.851. The normalized spacial score (nSPS) is 15.7. The molecule has 3 N–H and O–H groups in total. The first-order valence-electron chi connectivity index (χ1n) is 6.73. The Bertz CT molecular complexity index is 527. The minimum atomic E-state index is -0.572. The maximum Gasteiger partial charge on any atom is 0.254 e. The average molecular weight is 358 g/mol. The number of piperidine rings is 1. The molecule has 0 atom stereocenters. The van der Waals surface area contributed by atoms with Crippen molar-refractivity contribution in [2.24, 2.45) is 5.73 Å². The molecule has 0 radical (unpaired) electrons. The van der Waals surface area contributed by atoms with Gasteiger partial charge in [0.05, 0.1) is 6.54 Å². The van der Waals surface area contributed by atoms with Crippen LogP contribution in [0.25, 0.3) is 0 Å². The van der Waals surface area contributed by atoms with Gasteiger partial charge in [0.25, 0.3) is 5.91 Å². The number of hydrogen-bond donors (Lipinski definition) is 2. The lowest BCUT2D eigenvalue weighted by atomic mass is 10.0. The summed E-state index contributed by atoms with van der Waals surface area (Å²) in [5.74, 6) is -1.45. The van der Waals surface area contributed by atoms with Crippen molar-refractivity contribution in [1.82, 2.24) is 10.2 Å². The molecule has 2 amide bonds. The number of rotatable bonds is 4. The predicted molar refractivity (Wildman–Crippen MR) is 80.2 cm³/mol. The molecule has 0 spiro atoms. The smallest absolute Gasteiger partial charge is 0.254 e. The number of primary amides is 1. The van der Waals surface area contributed by atoms with Gasteiger partial charge < -0.3 is 16.0 Å². The Hall–Kier alpha value is -1.47. The van der Waals surface area contributed by atoms with Gasteiger partial charge in [0, 0.05) is 16.1 Å². The van der Waals surface area contributed by atoms with Crippen molar-refractivity contribution in [3.05, 3.63) is 34.1 Å². The third-order valence-corrected chi connectivity index (χ3v) is 3.90. The van der Waals surface area contributed by atoms with Crippen molar-refractivity contribution in [2.75, 3.05) is 19.6 Å². The SMILES string of the molecule is NC(=O)CN(C(=O)c1cc(F)cc(Br)c1)C1CCNCC1. The predicted octanol–water partition coefficient (Wildman–Crippen LogP) is 1.27. The van der Waals surface area contributed by atoms with Crippen LogP contribution in [0.15, 0.2) is 22.7 Å². The van der Waals surface area contributed by atoms with E-state index in [2.05, 4.69) is 21.2 Å². The number of nitrogens with zero attached hydrogens (tertiary/aromatic N) is 1. The molecule has 1 aromatic rings.